The number of nitrogens with two attached hydrogens (primary N) is 1. The minimum atomic E-state index is -3.51. The second-order valence-corrected chi connectivity index (χ2v) is 7.69. The summed E-state index contributed by atoms with van der Waals surface area (Å²) in [5.74, 6) is 1.50. The Morgan fingerprint density at radius 2 is 1.90 bits per heavy atom. The highest BCUT2D eigenvalue weighted by molar-refractivity contribution is 7.89. The molecule has 1 saturated carbocycles. The topological polar surface area (TPSA) is 81.4 Å². The van der Waals surface area contributed by atoms with E-state index in [1.54, 1.807) is 24.3 Å². The van der Waals surface area contributed by atoms with Crippen LogP contribution in [0.4, 0.5) is 0 Å². The number of hydrogen-bond acceptors (Lipinski definition) is 4. The Morgan fingerprint density at radius 3 is 2.38 bits per heavy atom. The van der Waals surface area contributed by atoms with Gasteiger partial charge < -0.3 is 10.5 Å². The molecule has 21 heavy (non-hydrogen) atoms. The van der Waals surface area contributed by atoms with Crippen molar-refractivity contribution in [3.8, 4) is 5.75 Å². The maximum atomic E-state index is 12.3. The molecule has 0 bridgehead atoms. The quantitative estimate of drug-likeness (QED) is 0.766. The number of rotatable bonds is 8. The molecule has 1 fully saturated rings. The average Bonchev–Trinajstić information content (AvgIpc) is 3.27. The van der Waals surface area contributed by atoms with Crippen LogP contribution in [0.2, 0.25) is 0 Å². The third-order valence-corrected chi connectivity index (χ3v) is 4.97. The van der Waals surface area contributed by atoms with Gasteiger partial charge in [-0.05, 0) is 48.9 Å². The fourth-order valence-electron chi connectivity index (χ4n) is 2.08. The van der Waals surface area contributed by atoms with E-state index in [-0.39, 0.29) is 10.9 Å². The smallest absolute Gasteiger partial charge is 0.240 e. The first-order valence-electron chi connectivity index (χ1n) is 7.37. The van der Waals surface area contributed by atoms with Gasteiger partial charge in [-0.3, -0.25) is 0 Å². The maximum Gasteiger partial charge on any atom is 0.240 e. The van der Waals surface area contributed by atoms with Crippen molar-refractivity contribution in [3.05, 3.63) is 24.3 Å². The van der Waals surface area contributed by atoms with Gasteiger partial charge in [0.2, 0.25) is 10.0 Å². The van der Waals surface area contributed by atoms with E-state index in [0.717, 1.165) is 12.8 Å². The largest absolute Gasteiger partial charge is 0.493 e. The normalized spacial score (nSPS) is 17.0. The van der Waals surface area contributed by atoms with Gasteiger partial charge in [0.25, 0.3) is 0 Å². The van der Waals surface area contributed by atoms with Crippen LogP contribution in [-0.2, 0) is 10.0 Å². The van der Waals surface area contributed by atoms with Gasteiger partial charge in [-0.25, -0.2) is 13.1 Å². The minimum Gasteiger partial charge on any atom is -0.493 e. The SMILES string of the molecule is CC(C)COc1ccc(S(=O)(=O)NC(CN)C2CC2)cc1. The van der Waals surface area contributed by atoms with Gasteiger partial charge in [0, 0.05) is 12.6 Å². The molecule has 1 aromatic rings. The number of benzene rings is 1. The molecule has 118 valence electrons. The van der Waals surface area contributed by atoms with Crippen molar-refractivity contribution in [1.82, 2.24) is 4.72 Å². The van der Waals surface area contributed by atoms with Crippen LogP contribution >= 0.6 is 0 Å². The lowest BCUT2D eigenvalue weighted by atomic mass is 10.2. The van der Waals surface area contributed by atoms with Crippen molar-refractivity contribution < 1.29 is 13.2 Å². The lowest BCUT2D eigenvalue weighted by Crippen LogP contribution is -2.41. The zero-order chi connectivity index (χ0) is 15.5. The zero-order valence-electron chi connectivity index (χ0n) is 12.6. The summed E-state index contributed by atoms with van der Waals surface area (Å²) >= 11 is 0. The van der Waals surface area contributed by atoms with E-state index in [1.807, 2.05) is 0 Å². The van der Waals surface area contributed by atoms with Crippen LogP contribution < -0.4 is 15.2 Å². The Kier molecular flexibility index (Phi) is 5.24. The molecule has 0 aliphatic heterocycles. The van der Waals surface area contributed by atoms with E-state index in [9.17, 15) is 8.42 Å². The molecule has 6 heteroatoms. The molecule has 2 rings (SSSR count). The fourth-order valence-corrected chi connectivity index (χ4v) is 3.40. The summed E-state index contributed by atoms with van der Waals surface area (Å²) in [6.07, 6.45) is 2.10. The van der Waals surface area contributed by atoms with Gasteiger partial charge >= 0.3 is 0 Å². The molecule has 1 atom stereocenters. The standard InChI is InChI=1S/C15H24N2O3S/c1-11(2)10-20-13-5-7-14(8-6-13)21(18,19)17-15(9-16)12-3-4-12/h5-8,11-12,15,17H,3-4,9-10,16H2,1-2H3. The van der Waals surface area contributed by atoms with Gasteiger partial charge in [0.15, 0.2) is 0 Å². The fraction of sp³-hybridized carbons (Fsp3) is 0.600. The molecule has 5 nitrogen and oxygen atoms in total. The van der Waals surface area contributed by atoms with Gasteiger partial charge in [-0.1, -0.05) is 13.8 Å². The predicted molar refractivity (Wildman–Crippen MR) is 82.7 cm³/mol. The van der Waals surface area contributed by atoms with E-state index in [0.29, 0.717) is 30.7 Å². The molecular formula is C15H24N2O3S. The molecule has 0 heterocycles. The summed E-state index contributed by atoms with van der Waals surface area (Å²) in [5, 5.41) is 0. The van der Waals surface area contributed by atoms with Crippen molar-refractivity contribution in [3.63, 3.8) is 0 Å². The zero-order valence-corrected chi connectivity index (χ0v) is 13.4. The Morgan fingerprint density at radius 1 is 1.29 bits per heavy atom. The van der Waals surface area contributed by atoms with Crippen LogP contribution in [0.1, 0.15) is 26.7 Å². The number of ether oxygens (including phenoxy) is 1. The summed E-state index contributed by atoms with van der Waals surface area (Å²) in [6, 6.07) is 6.35. The van der Waals surface area contributed by atoms with Crippen LogP contribution in [0, 0.1) is 11.8 Å². The lowest BCUT2D eigenvalue weighted by Gasteiger charge is -2.16. The minimum absolute atomic E-state index is 0.160. The van der Waals surface area contributed by atoms with E-state index >= 15 is 0 Å². The number of sulfonamides is 1. The monoisotopic (exact) mass is 312 g/mol. The lowest BCUT2D eigenvalue weighted by molar-refractivity contribution is 0.271. The molecular weight excluding hydrogens is 288 g/mol. The van der Waals surface area contributed by atoms with Gasteiger partial charge in [0.1, 0.15) is 5.75 Å². The summed E-state index contributed by atoms with van der Waals surface area (Å²) < 4.78 is 32.9. The Labute approximate surface area is 126 Å². The van der Waals surface area contributed by atoms with E-state index in [1.165, 1.54) is 0 Å². The van der Waals surface area contributed by atoms with Gasteiger partial charge in [-0.2, -0.15) is 0 Å². The number of nitrogens with one attached hydrogen (secondary N) is 1. The highest BCUT2D eigenvalue weighted by Crippen LogP contribution is 2.33. The molecule has 1 unspecified atom stereocenters. The molecule has 0 aromatic heterocycles. The molecule has 1 aromatic carbocycles. The van der Waals surface area contributed by atoms with Crippen LogP contribution in [0.3, 0.4) is 0 Å². The van der Waals surface area contributed by atoms with Crippen LogP contribution in [0.25, 0.3) is 0 Å². The summed E-state index contributed by atoms with van der Waals surface area (Å²) in [5.41, 5.74) is 5.64. The van der Waals surface area contributed by atoms with Crippen LogP contribution in [0.15, 0.2) is 29.2 Å². The molecule has 1 aliphatic carbocycles. The third kappa shape index (κ3) is 4.69. The van der Waals surface area contributed by atoms with Crippen molar-refractivity contribution in [2.75, 3.05) is 13.2 Å². The first-order valence-corrected chi connectivity index (χ1v) is 8.86. The first kappa shape index (κ1) is 16.3. The second-order valence-electron chi connectivity index (χ2n) is 5.98. The molecule has 1 aliphatic rings. The second kappa shape index (κ2) is 6.77. The van der Waals surface area contributed by atoms with Gasteiger partial charge in [-0.15, -0.1) is 0 Å². The molecule has 3 N–H and O–H groups in total. The van der Waals surface area contributed by atoms with E-state index in [4.69, 9.17) is 10.5 Å². The van der Waals surface area contributed by atoms with Crippen LogP contribution in [-0.4, -0.2) is 27.6 Å². The summed E-state index contributed by atoms with van der Waals surface area (Å²) in [4.78, 5) is 0.249. The van der Waals surface area contributed by atoms with Crippen molar-refractivity contribution in [2.45, 2.75) is 37.6 Å². The van der Waals surface area contributed by atoms with Crippen molar-refractivity contribution in [2.24, 2.45) is 17.6 Å². The molecule has 0 radical (unpaired) electrons. The van der Waals surface area contributed by atoms with Gasteiger partial charge in [0.05, 0.1) is 11.5 Å². The molecule has 0 amide bonds. The Hall–Kier alpha value is -1.11. The third-order valence-electron chi connectivity index (χ3n) is 3.47. The Bertz CT molecular complexity index is 551. The first-order chi connectivity index (χ1) is 9.92. The average molecular weight is 312 g/mol. The van der Waals surface area contributed by atoms with E-state index < -0.39 is 10.0 Å². The molecule has 0 spiro atoms. The Balaban J connectivity index is 2.02. The highest BCUT2D eigenvalue weighted by atomic mass is 32.2. The predicted octanol–water partition coefficient (Wildman–Crippen LogP) is 1.74. The van der Waals surface area contributed by atoms with Crippen LogP contribution in [0.5, 0.6) is 5.75 Å². The maximum absolute atomic E-state index is 12.3. The highest BCUT2D eigenvalue weighted by Gasteiger charge is 2.33. The summed E-state index contributed by atoms with van der Waals surface area (Å²) in [6.45, 7) is 5.07. The number of hydrogen-bond donors (Lipinski definition) is 2. The van der Waals surface area contributed by atoms with E-state index in [2.05, 4.69) is 18.6 Å². The molecule has 0 saturated heterocycles. The van der Waals surface area contributed by atoms with Crippen molar-refractivity contribution >= 4 is 10.0 Å². The van der Waals surface area contributed by atoms with Crippen molar-refractivity contribution in [1.29, 1.82) is 0 Å². The summed E-state index contributed by atoms with van der Waals surface area (Å²) in [7, 11) is -3.51.